The third kappa shape index (κ3) is 7.62. The molecular weight excluding hydrogens is 418 g/mol. The van der Waals surface area contributed by atoms with Gasteiger partial charge in [-0.2, -0.15) is 0 Å². The largest absolute Gasteiger partial charge is 0.487 e. The summed E-state index contributed by atoms with van der Waals surface area (Å²) >= 11 is 1.88. The Hall–Kier alpha value is -2.42. The lowest BCUT2D eigenvalue weighted by atomic mass is 10.0. The molecule has 5 heteroatoms. The maximum Gasteiger partial charge on any atom is 0.192 e. The van der Waals surface area contributed by atoms with E-state index in [1.54, 1.807) is 0 Å². The predicted molar refractivity (Wildman–Crippen MR) is 135 cm³/mol. The summed E-state index contributed by atoms with van der Waals surface area (Å²) in [6, 6.07) is 8.20. The van der Waals surface area contributed by atoms with Gasteiger partial charge in [0.25, 0.3) is 0 Å². The van der Waals surface area contributed by atoms with Gasteiger partial charge < -0.3 is 14.5 Å². The number of H-pyrrole nitrogens is 1. The molecule has 1 fully saturated rings. The quantitative estimate of drug-likeness (QED) is 0.520. The Morgan fingerprint density at radius 1 is 1.19 bits per heavy atom. The molecule has 2 heterocycles. The summed E-state index contributed by atoms with van der Waals surface area (Å²) in [5.74, 6) is 8.03. The molecule has 0 unspecified atom stereocenters. The molecule has 172 valence electrons. The molecule has 1 aromatic heterocycles. The number of benzene rings is 1. The highest BCUT2D eigenvalue weighted by molar-refractivity contribution is 7.99. The average Bonchev–Trinajstić information content (AvgIpc) is 2.84. The normalized spacial score (nSPS) is 14.9. The van der Waals surface area contributed by atoms with E-state index in [1.807, 2.05) is 70.7 Å². The molecule has 4 nitrogen and oxygen atoms in total. The van der Waals surface area contributed by atoms with Crippen LogP contribution in [0.5, 0.6) is 5.75 Å². The SMILES string of the molecule is C/C=c1/[nH]c(COc2cccc(SCC3CCOCC3)c2)c(C)c(=O)/c1=C/C.CC#CC. The van der Waals surface area contributed by atoms with Crippen molar-refractivity contribution >= 4 is 23.9 Å². The second-order valence-electron chi connectivity index (χ2n) is 7.59. The number of aromatic nitrogens is 1. The van der Waals surface area contributed by atoms with Gasteiger partial charge in [-0.15, -0.1) is 23.6 Å². The van der Waals surface area contributed by atoms with E-state index in [-0.39, 0.29) is 5.43 Å². The number of aromatic amines is 1. The van der Waals surface area contributed by atoms with Crippen molar-refractivity contribution < 1.29 is 9.47 Å². The Kier molecular flexibility index (Phi) is 11.2. The summed E-state index contributed by atoms with van der Waals surface area (Å²) in [7, 11) is 0. The number of hydrogen-bond donors (Lipinski definition) is 1. The van der Waals surface area contributed by atoms with Crippen molar-refractivity contribution in [2.75, 3.05) is 19.0 Å². The maximum atomic E-state index is 12.6. The fraction of sp³-hybridized carbons (Fsp3) is 0.444. The molecule has 1 saturated heterocycles. The second-order valence-corrected chi connectivity index (χ2v) is 8.69. The van der Waals surface area contributed by atoms with E-state index in [2.05, 4.69) is 29.0 Å². The van der Waals surface area contributed by atoms with Crippen LogP contribution in [0.15, 0.2) is 34.0 Å². The lowest BCUT2D eigenvalue weighted by molar-refractivity contribution is 0.0728. The van der Waals surface area contributed by atoms with Crippen LogP contribution in [0.2, 0.25) is 0 Å². The van der Waals surface area contributed by atoms with Gasteiger partial charge in [0.15, 0.2) is 5.43 Å². The van der Waals surface area contributed by atoms with Crippen molar-refractivity contribution in [3.05, 3.63) is 56.3 Å². The van der Waals surface area contributed by atoms with Crippen LogP contribution in [0.3, 0.4) is 0 Å². The van der Waals surface area contributed by atoms with Crippen molar-refractivity contribution in [2.45, 2.75) is 59.0 Å². The highest BCUT2D eigenvalue weighted by Gasteiger charge is 2.14. The van der Waals surface area contributed by atoms with E-state index in [0.29, 0.717) is 12.2 Å². The Balaban J connectivity index is 0.000000837. The molecule has 2 aromatic rings. The van der Waals surface area contributed by atoms with Crippen LogP contribution in [0, 0.1) is 24.7 Å². The van der Waals surface area contributed by atoms with Crippen molar-refractivity contribution in [1.29, 1.82) is 0 Å². The van der Waals surface area contributed by atoms with Crippen LogP contribution in [0.1, 0.15) is 51.8 Å². The van der Waals surface area contributed by atoms with Gasteiger partial charge in [0, 0.05) is 40.0 Å². The molecule has 3 rings (SSSR count). The molecule has 0 radical (unpaired) electrons. The molecule has 32 heavy (non-hydrogen) atoms. The van der Waals surface area contributed by atoms with E-state index in [0.717, 1.165) is 59.7 Å². The Morgan fingerprint density at radius 3 is 2.53 bits per heavy atom. The molecule has 1 aliphatic heterocycles. The Morgan fingerprint density at radius 2 is 1.91 bits per heavy atom. The molecule has 1 aliphatic rings. The van der Waals surface area contributed by atoms with Crippen LogP contribution < -0.4 is 20.7 Å². The Bertz CT molecular complexity index is 1100. The van der Waals surface area contributed by atoms with E-state index in [1.165, 1.54) is 4.90 Å². The summed E-state index contributed by atoms with van der Waals surface area (Å²) < 4.78 is 11.4. The fourth-order valence-electron chi connectivity index (χ4n) is 3.38. The molecule has 1 aromatic carbocycles. The monoisotopic (exact) mass is 453 g/mol. The average molecular weight is 454 g/mol. The van der Waals surface area contributed by atoms with Gasteiger partial charge in [0.05, 0.1) is 5.69 Å². The second kappa shape index (κ2) is 13.9. The van der Waals surface area contributed by atoms with E-state index >= 15 is 0 Å². The number of rotatable bonds is 6. The first-order chi connectivity index (χ1) is 15.5. The third-order valence-electron chi connectivity index (χ3n) is 5.46. The first kappa shape index (κ1) is 25.8. The standard InChI is InChI=1S/C23H29NO3S.C4H6/c1-4-20-21(5-2)24-22(16(3)23(20)25)14-27-18-7-6-8-19(13-18)28-15-17-9-11-26-12-10-17;1-3-4-2/h4-8,13,17,24H,9-12,14-15H2,1-3H3;1-2H3/b20-4+,21-5+;. The third-order valence-corrected chi connectivity index (χ3v) is 6.68. The number of pyridine rings is 1. The van der Waals surface area contributed by atoms with Gasteiger partial charge in [-0.3, -0.25) is 4.79 Å². The van der Waals surface area contributed by atoms with Crippen LogP contribution in [0.4, 0.5) is 0 Å². The molecule has 0 bridgehead atoms. The van der Waals surface area contributed by atoms with Crippen molar-refractivity contribution in [3.8, 4) is 17.6 Å². The van der Waals surface area contributed by atoms with E-state index < -0.39 is 0 Å². The molecule has 0 spiro atoms. The Labute approximate surface area is 196 Å². The van der Waals surface area contributed by atoms with Gasteiger partial charge in [0.1, 0.15) is 12.4 Å². The van der Waals surface area contributed by atoms with Crippen LogP contribution in [-0.4, -0.2) is 24.0 Å². The molecule has 0 saturated carbocycles. The molecule has 0 amide bonds. The number of ether oxygens (including phenoxy) is 2. The van der Waals surface area contributed by atoms with E-state index in [4.69, 9.17) is 9.47 Å². The zero-order valence-electron chi connectivity index (χ0n) is 19.9. The highest BCUT2D eigenvalue weighted by atomic mass is 32.2. The summed E-state index contributed by atoms with van der Waals surface area (Å²) in [5.41, 5.74) is 1.60. The van der Waals surface area contributed by atoms with Gasteiger partial charge in [-0.25, -0.2) is 0 Å². The van der Waals surface area contributed by atoms with Crippen molar-refractivity contribution in [3.63, 3.8) is 0 Å². The summed E-state index contributed by atoms with van der Waals surface area (Å²) in [6.45, 7) is 11.4. The van der Waals surface area contributed by atoms with Gasteiger partial charge >= 0.3 is 0 Å². The van der Waals surface area contributed by atoms with Crippen molar-refractivity contribution in [1.82, 2.24) is 4.98 Å². The molecule has 1 N–H and O–H groups in total. The molecular formula is C27H35NO3S. The van der Waals surface area contributed by atoms with Gasteiger partial charge in [-0.05, 0) is 71.6 Å². The maximum absolute atomic E-state index is 12.6. The fourth-order valence-corrected chi connectivity index (χ4v) is 4.52. The van der Waals surface area contributed by atoms with Gasteiger partial charge in [-0.1, -0.05) is 18.2 Å². The first-order valence-electron chi connectivity index (χ1n) is 11.1. The van der Waals surface area contributed by atoms with Crippen LogP contribution in [0.25, 0.3) is 12.2 Å². The van der Waals surface area contributed by atoms with Gasteiger partial charge in [0.2, 0.25) is 0 Å². The van der Waals surface area contributed by atoms with Crippen LogP contribution >= 0.6 is 11.8 Å². The summed E-state index contributed by atoms with van der Waals surface area (Å²) in [6.07, 6.45) is 6.08. The minimum Gasteiger partial charge on any atom is -0.487 e. The number of nitrogens with one attached hydrogen (secondary N) is 1. The van der Waals surface area contributed by atoms with Crippen molar-refractivity contribution in [2.24, 2.45) is 5.92 Å². The molecule has 0 aliphatic carbocycles. The lowest BCUT2D eigenvalue weighted by Crippen LogP contribution is -2.43. The lowest BCUT2D eigenvalue weighted by Gasteiger charge is -2.21. The number of thioether (sulfide) groups is 1. The van der Waals surface area contributed by atoms with E-state index in [9.17, 15) is 4.79 Å². The zero-order chi connectivity index (χ0) is 23.3. The predicted octanol–water partition coefficient (Wildman–Crippen LogP) is 4.41. The summed E-state index contributed by atoms with van der Waals surface area (Å²) in [5, 5.41) is 1.56. The molecule has 0 atom stereocenters. The zero-order valence-corrected chi connectivity index (χ0v) is 20.7. The summed E-state index contributed by atoms with van der Waals surface area (Å²) in [4.78, 5) is 17.1. The van der Waals surface area contributed by atoms with Crippen LogP contribution in [-0.2, 0) is 11.3 Å². The minimum absolute atomic E-state index is 0.0636. The topological polar surface area (TPSA) is 51.3 Å². The highest BCUT2D eigenvalue weighted by Crippen LogP contribution is 2.28. The smallest absolute Gasteiger partial charge is 0.192 e. The number of hydrogen-bond acceptors (Lipinski definition) is 4. The minimum atomic E-state index is 0.0636. The first-order valence-corrected chi connectivity index (χ1v) is 12.1.